The van der Waals surface area contributed by atoms with Crippen molar-refractivity contribution in [2.24, 2.45) is 22.2 Å². The third-order valence-corrected chi connectivity index (χ3v) is 10.2. The predicted molar refractivity (Wildman–Crippen MR) is 239 cm³/mol. The van der Waals surface area contributed by atoms with Crippen molar-refractivity contribution in [2.75, 3.05) is 19.6 Å². The topological polar surface area (TPSA) is 276 Å². The van der Waals surface area contributed by atoms with Gasteiger partial charge in [0.05, 0.1) is 6.04 Å². The van der Waals surface area contributed by atoms with Gasteiger partial charge in [0.15, 0.2) is 5.96 Å². The molecule has 0 bridgehead atoms. The number of guanidine groups is 1. The van der Waals surface area contributed by atoms with Crippen LogP contribution in [0.25, 0.3) is 21.5 Å². The molecule has 4 atom stereocenters. The van der Waals surface area contributed by atoms with E-state index in [-0.39, 0.29) is 50.4 Å². The number of carboxylic acid groups (broad SMARTS) is 1. The van der Waals surface area contributed by atoms with Gasteiger partial charge in [0, 0.05) is 19.5 Å². The number of phenolic OH excluding ortho intramolecular Hbond substituents is 1. The van der Waals surface area contributed by atoms with Gasteiger partial charge in [-0.2, -0.15) is 0 Å². The summed E-state index contributed by atoms with van der Waals surface area (Å²) in [6.45, 7) is 0.534. The molecule has 326 valence electrons. The van der Waals surface area contributed by atoms with Crippen LogP contribution in [-0.4, -0.2) is 89.6 Å². The van der Waals surface area contributed by atoms with Gasteiger partial charge < -0.3 is 54.0 Å². The van der Waals surface area contributed by atoms with Gasteiger partial charge in [-0.3, -0.25) is 29.0 Å². The molecule has 4 amide bonds. The fraction of sp³-hybridized carbons (Fsp3) is 0.304. The van der Waals surface area contributed by atoms with Crippen LogP contribution in [0.3, 0.4) is 0 Å². The van der Waals surface area contributed by atoms with Crippen molar-refractivity contribution in [2.45, 2.75) is 69.2 Å². The zero-order valence-electron chi connectivity index (χ0n) is 34.4. The normalized spacial score (nSPS) is 13.0. The van der Waals surface area contributed by atoms with E-state index in [4.69, 9.17) is 17.2 Å². The summed E-state index contributed by atoms with van der Waals surface area (Å²) in [5.41, 5.74) is 19.8. The number of nitrogens with two attached hydrogens (primary N) is 3. The number of nitrogens with zero attached hydrogens (tertiary/aromatic N) is 1. The molecule has 0 spiro atoms. The molecule has 5 aromatic rings. The number of amides is 4. The minimum absolute atomic E-state index is 0.0144. The molecule has 0 aromatic heterocycles. The molecule has 0 saturated carbocycles. The van der Waals surface area contributed by atoms with Crippen molar-refractivity contribution >= 4 is 57.1 Å². The highest BCUT2D eigenvalue weighted by molar-refractivity contribution is 5.95. The predicted octanol–water partition coefficient (Wildman–Crippen LogP) is 2.09. The van der Waals surface area contributed by atoms with E-state index in [2.05, 4.69) is 43.7 Å². The summed E-state index contributed by atoms with van der Waals surface area (Å²) in [7, 11) is 0. The molecule has 16 heteroatoms. The number of aliphatic imine (C=N–C) groups is 1. The lowest BCUT2D eigenvalue weighted by Crippen LogP contribution is -2.58. The minimum Gasteiger partial charge on any atom is -0.508 e. The maximum Gasteiger partial charge on any atom is 0.322 e. The average Bonchev–Trinajstić information content (AvgIpc) is 3.26. The molecule has 0 aliphatic heterocycles. The second-order valence-corrected chi connectivity index (χ2v) is 15.1. The first kappa shape index (κ1) is 46.0. The van der Waals surface area contributed by atoms with Crippen LogP contribution in [0.5, 0.6) is 5.75 Å². The Bertz CT molecular complexity index is 2350. The van der Waals surface area contributed by atoms with Crippen LogP contribution in [0, 0.1) is 0 Å². The van der Waals surface area contributed by atoms with Crippen LogP contribution in [0.4, 0.5) is 0 Å². The summed E-state index contributed by atoms with van der Waals surface area (Å²) in [4.78, 5) is 70.5. The summed E-state index contributed by atoms with van der Waals surface area (Å²) in [5.74, 6) is -4.06. The van der Waals surface area contributed by atoms with E-state index in [1.807, 2.05) is 72.8 Å². The lowest BCUT2D eigenvalue weighted by atomic mass is 10.0. The van der Waals surface area contributed by atoms with Gasteiger partial charge in [-0.25, -0.2) is 0 Å². The van der Waals surface area contributed by atoms with Gasteiger partial charge in [-0.1, -0.05) is 91.0 Å². The number of carbonyl (C=O) groups excluding carboxylic acids is 4. The molecule has 0 aliphatic carbocycles. The second kappa shape index (κ2) is 23.1. The Balaban J connectivity index is 1.32. The van der Waals surface area contributed by atoms with Crippen molar-refractivity contribution in [3.05, 3.63) is 126 Å². The Hall–Kier alpha value is -7.04. The number of carbonyl (C=O) groups is 5. The lowest BCUT2D eigenvalue weighted by molar-refractivity contribution is -0.138. The van der Waals surface area contributed by atoms with Crippen LogP contribution in [0.15, 0.2) is 114 Å². The molecular formula is C46H55N9O7. The third-order valence-electron chi connectivity index (χ3n) is 10.2. The van der Waals surface area contributed by atoms with Gasteiger partial charge in [-0.15, -0.1) is 0 Å². The Morgan fingerprint density at radius 2 is 1.13 bits per heavy atom. The molecule has 13 N–H and O–H groups in total. The van der Waals surface area contributed by atoms with E-state index in [1.54, 1.807) is 12.1 Å². The van der Waals surface area contributed by atoms with E-state index < -0.39 is 60.3 Å². The molecule has 62 heavy (non-hydrogen) atoms. The lowest BCUT2D eigenvalue weighted by Gasteiger charge is -2.26. The molecule has 0 heterocycles. The van der Waals surface area contributed by atoms with Crippen LogP contribution in [0.1, 0.15) is 42.4 Å². The summed E-state index contributed by atoms with van der Waals surface area (Å²) in [6, 6.07) is 29.2. The smallest absolute Gasteiger partial charge is 0.322 e. The first-order valence-corrected chi connectivity index (χ1v) is 20.5. The number of aliphatic carboxylic acids is 1. The van der Waals surface area contributed by atoms with Crippen molar-refractivity contribution in [1.29, 1.82) is 0 Å². The number of hydrogen-bond donors (Lipinski definition) is 10. The Morgan fingerprint density at radius 1 is 0.597 bits per heavy atom. The number of carboxylic acids is 1. The second-order valence-electron chi connectivity index (χ2n) is 15.1. The van der Waals surface area contributed by atoms with Gasteiger partial charge in [0.2, 0.25) is 23.6 Å². The largest absolute Gasteiger partial charge is 0.508 e. The van der Waals surface area contributed by atoms with Crippen LogP contribution in [-0.2, 0) is 43.4 Å². The van der Waals surface area contributed by atoms with E-state index in [9.17, 15) is 34.2 Å². The molecule has 0 saturated heterocycles. The number of fused-ring (bicyclic) bond motifs is 2. The highest BCUT2D eigenvalue weighted by Crippen LogP contribution is 2.18. The molecule has 0 unspecified atom stereocenters. The molecule has 5 aromatic carbocycles. The summed E-state index contributed by atoms with van der Waals surface area (Å²) >= 11 is 0. The Labute approximate surface area is 359 Å². The maximum atomic E-state index is 14.2. The van der Waals surface area contributed by atoms with E-state index in [0.717, 1.165) is 27.1 Å². The van der Waals surface area contributed by atoms with Crippen molar-refractivity contribution in [1.82, 2.24) is 26.6 Å². The summed E-state index contributed by atoms with van der Waals surface area (Å²) in [6.07, 6.45) is 1.08. The standard InChI is InChI=1S/C46H55N9O7/c47-37(25-29-15-19-36(56)20-16-29)42(59)53-38(11-5-21-50-27-31-14-18-33-8-2-4-10-35(33)24-31)44(61)54-39(12-6-22-51-46(48)49)45(62)55-40(43(60)52-28-41(57)58)26-30-13-17-32-7-1-3-9-34(32)23-30/h1-4,7-10,13-20,23-24,37-40,50,56H,5-6,11-12,21-22,25-28,47H2,(H,52,60)(H,53,59)(H,54,61)(H,55,62)(H,57,58)(H4,48,49,51)/t37-,38+,39+,40+/m1/s1. The number of phenols is 1. The highest BCUT2D eigenvalue weighted by atomic mass is 16.4. The quantitative estimate of drug-likeness (QED) is 0.0258. The zero-order chi connectivity index (χ0) is 44.4. The third kappa shape index (κ3) is 14.6. The molecule has 0 fully saturated rings. The summed E-state index contributed by atoms with van der Waals surface area (Å²) in [5, 5.41) is 37.1. The van der Waals surface area contributed by atoms with E-state index in [0.29, 0.717) is 30.6 Å². The van der Waals surface area contributed by atoms with Gasteiger partial charge in [0.1, 0.15) is 30.4 Å². The van der Waals surface area contributed by atoms with Crippen molar-refractivity contribution < 1.29 is 34.2 Å². The van der Waals surface area contributed by atoms with Gasteiger partial charge in [-0.05, 0) is 95.1 Å². The zero-order valence-corrected chi connectivity index (χ0v) is 34.4. The van der Waals surface area contributed by atoms with Gasteiger partial charge >= 0.3 is 5.97 Å². The van der Waals surface area contributed by atoms with E-state index in [1.165, 1.54) is 12.1 Å². The van der Waals surface area contributed by atoms with Crippen LogP contribution < -0.4 is 43.8 Å². The SMILES string of the molecule is NC(N)=NCCC[C@H](NC(=O)[C@H](CCCNCc1ccc2ccccc2c1)NC(=O)[C@H](N)Cc1ccc(O)cc1)C(=O)N[C@@H](Cc1ccc2ccccc2c1)C(=O)NCC(=O)O. The maximum absolute atomic E-state index is 14.2. The summed E-state index contributed by atoms with van der Waals surface area (Å²) < 4.78 is 0. The van der Waals surface area contributed by atoms with Gasteiger partial charge in [0.25, 0.3) is 0 Å². The fourth-order valence-corrected chi connectivity index (χ4v) is 6.95. The number of aromatic hydroxyl groups is 1. The molecule has 16 nitrogen and oxygen atoms in total. The Kier molecular flexibility index (Phi) is 17.1. The first-order valence-electron chi connectivity index (χ1n) is 20.5. The minimum atomic E-state index is -1.27. The highest BCUT2D eigenvalue weighted by Gasteiger charge is 2.31. The van der Waals surface area contributed by atoms with Crippen molar-refractivity contribution in [3.63, 3.8) is 0 Å². The number of nitrogens with one attached hydrogen (secondary N) is 5. The number of rotatable bonds is 23. The van der Waals surface area contributed by atoms with Crippen molar-refractivity contribution in [3.8, 4) is 5.75 Å². The molecule has 0 aliphatic rings. The average molecular weight is 846 g/mol. The number of benzene rings is 5. The first-order chi connectivity index (χ1) is 29.8. The van der Waals surface area contributed by atoms with E-state index >= 15 is 0 Å². The molecular weight excluding hydrogens is 791 g/mol. The van der Waals surface area contributed by atoms with Crippen LogP contribution in [0.2, 0.25) is 0 Å². The molecule has 0 radical (unpaired) electrons. The monoisotopic (exact) mass is 845 g/mol. The Morgan fingerprint density at radius 3 is 1.74 bits per heavy atom. The van der Waals surface area contributed by atoms with Crippen LogP contribution >= 0.6 is 0 Å². The molecule has 5 rings (SSSR count). The number of hydrogen-bond acceptors (Lipinski definition) is 9. The fourth-order valence-electron chi connectivity index (χ4n) is 6.95.